The Kier molecular flexibility index (Phi) is 2.23. The molecule has 3 heteroatoms. The molecule has 0 aliphatic heterocycles. The molecule has 1 heterocycles. The van der Waals surface area contributed by atoms with Crippen LogP contribution in [0.15, 0.2) is 23.1 Å². The number of rotatable bonds is 2. The number of pyridine rings is 1. The molecule has 0 spiro atoms. The van der Waals surface area contributed by atoms with E-state index in [4.69, 9.17) is 0 Å². The average Bonchev–Trinajstić information content (AvgIpc) is 1.88. The molecule has 1 aromatic rings. The zero-order valence-electron chi connectivity index (χ0n) is 5.85. The molecule has 0 aliphatic rings. The van der Waals surface area contributed by atoms with Crippen molar-refractivity contribution in [3.05, 3.63) is 34.2 Å². The Labute approximate surface area is 59.1 Å². The Morgan fingerprint density at radius 2 is 2.50 bits per heavy atom. The van der Waals surface area contributed by atoms with Crippen molar-refractivity contribution in [3.8, 4) is 0 Å². The Bertz CT molecular complexity index is 254. The van der Waals surface area contributed by atoms with Crippen molar-refractivity contribution in [2.24, 2.45) is 0 Å². The lowest BCUT2D eigenvalue weighted by atomic mass is 10.3. The summed E-state index contributed by atoms with van der Waals surface area (Å²) in [5.74, 6) is 0. The molecule has 0 saturated carbocycles. The van der Waals surface area contributed by atoms with Gasteiger partial charge in [0.15, 0.2) is 0 Å². The second-order valence-corrected chi connectivity index (χ2v) is 2.09. The van der Waals surface area contributed by atoms with E-state index >= 15 is 0 Å². The van der Waals surface area contributed by atoms with E-state index in [9.17, 15) is 4.79 Å². The second-order valence-electron chi connectivity index (χ2n) is 2.09. The summed E-state index contributed by atoms with van der Waals surface area (Å²) in [5.41, 5.74) is 0.957. The molecule has 0 amide bonds. The largest absolute Gasteiger partial charge is 0.329 e. The summed E-state index contributed by atoms with van der Waals surface area (Å²) in [6.07, 6.45) is 1.65. The smallest absolute Gasteiger partial charge is 0.248 e. The van der Waals surface area contributed by atoms with Crippen molar-refractivity contribution in [1.82, 2.24) is 10.3 Å². The van der Waals surface area contributed by atoms with Crippen molar-refractivity contribution < 1.29 is 0 Å². The van der Waals surface area contributed by atoms with E-state index in [0.29, 0.717) is 0 Å². The zero-order chi connectivity index (χ0) is 7.40. The van der Waals surface area contributed by atoms with E-state index < -0.39 is 0 Å². The Balaban J connectivity index is 2.85. The van der Waals surface area contributed by atoms with Gasteiger partial charge in [-0.15, -0.1) is 0 Å². The molecular weight excluding hydrogens is 128 g/mol. The second kappa shape index (κ2) is 3.17. The highest BCUT2D eigenvalue weighted by molar-refractivity contribution is 5.08. The summed E-state index contributed by atoms with van der Waals surface area (Å²) < 4.78 is 0. The summed E-state index contributed by atoms with van der Waals surface area (Å²) in [4.78, 5) is 13.2. The van der Waals surface area contributed by atoms with Crippen LogP contribution >= 0.6 is 0 Å². The van der Waals surface area contributed by atoms with Gasteiger partial charge in [-0.1, -0.05) is 0 Å². The SMILES string of the molecule is CNCc1cc[nH]c(=O)c1. The predicted octanol–water partition coefficient (Wildman–Crippen LogP) is 0.0943. The first-order valence-corrected chi connectivity index (χ1v) is 3.15. The molecule has 0 saturated heterocycles. The van der Waals surface area contributed by atoms with E-state index in [1.54, 1.807) is 12.3 Å². The topological polar surface area (TPSA) is 44.9 Å². The summed E-state index contributed by atoms with van der Waals surface area (Å²) >= 11 is 0. The lowest BCUT2D eigenvalue weighted by molar-refractivity contribution is 0.814. The summed E-state index contributed by atoms with van der Waals surface area (Å²) in [5, 5.41) is 2.96. The molecule has 0 aromatic carbocycles. The van der Waals surface area contributed by atoms with Gasteiger partial charge in [-0.2, -0.15) is 0 Å². The minimum atomic E-state index is -0.0484. The quantitative estimate of drug-likeness (QED) is 0.608. The maximum Gasteiger partial charge on any atom is 0.248 e. The Hall–Kier alpha value is -1.09. The summed E-state index contributed by atoms with van der Waals surface area (Å²) in [7, 11) is 1.85. The number of aromatic amines is 1. The average molecular weight is 138 g/mol. The molecule has 3 nitrogen and oxygen atoms in total. The number of aromatic nitrogens is 1. The minimum absolute atomic E-state index is 0.0484. The molecule has 0 aliphatic carbocycles. The third-order valence-corrected chi connectivity index (χ3v) is 1.22. The first-order chi connectivity index (χ1) is 4.83. The van der Waals surface area contributed by atoms with Crippen LogP contribution in [-0.4, -0.2) is 12.0 Å². The zero-order valence-corrected chi connectivity index (χ0v) is 5.85. The van der Waals surface area contributed by atoms with E-state index in [1.165, 1.54) is 0 Å². The Morgan fingerprint density at radius 3 is 3.10 bits per heavy atom. The van der Waals surface area contributed by atoms with Gasteiger partial charge in [0.1, 0.15) is 0 Å². The van der Waals surface area contributed by atoms with Crippen LogP contribution in [0.4, 0.5) is 0 Å². The van der Waals surface area contributed by atoms with Crippen molar-refractivity contribution >= 4 is 0 Å². The van der Waals surface area contributed by atoms with Gasteiger partial charge in [0.05, 0.1) is 0 Å². The van der Waals surface area contributed by atoms with Crippen LogP contribution in [-0.2, 0) is 6.54 Å². The monoisotopic (exact) mass is 138 g/mol. The molecule has 1 aromatic heterocycles. The van der Waals surface area contributed by atoms with Gasteiger partial charge in [0.25, 0.3) is 0 Å². The minimum Gasteiger partial charge on any atom is -0.329 e. The maximum atomic E-state index is 10.7. The summed E-state index contributed by atoms with van der Waals surface area (Å²) in [6.45, 7) is 0.740. The van der Waals surface area contributed by atoms with E-state index in [2.05, 4.69) is 10.3 Å². The van der Waals surface area contributed by atoms with Gasteiger partial charge >= 0.3 is 0 Å². The van der Waals surface area contributed by atoms with Crippen molar-refractivity contribution in [2.45, 2.75) is 6.54 Å². The highest BCUT2D eigenvalue weighted by Crippen LogP contribution is 1.89. The molecule has 10 heavy (non-hydrogen) atoms. The molecule has 1 rings (SSSR count). The van der Waals surface area contributed by atoms with E-state index in [-0.39, 0.29) is 5.56 Å². The number of H-pyrrole nitrogens is 1. The van der Waals surface area contributed by atoms with Crippen LogP contribution in [0.1, 0.15) is 5.56 Å². The molecule has 0 bridgehead atoms. The van der Waals surface area contributed by atoms with Crippen LogP contribution < -0.4 is 10.9 Å². The van der Waals surface area contributed by atoms with Gasteiger partial charge in [-0.3, -0.25) is 4.79 Å². The fourth-order valence-electron chi connectivity index (χ4n) is 0.803. The van der Waals surface area contributed by atoms with Crippen LogP contribution in [0.3, 0.4) is 0 Å². The third-order valence-electron chi connectivity index (χ3n) is 1.22. The van der Waals surface area contributed by atoms with E-state index in [1.807, 2.05) is 13.1 Å². The fraction of sp³-hybridized carbons (Fsp3) is 0.286. The number of nitrogens with one attached hydrogen (secondary N) is 2. The number of hydrogen-bond acceptors (Lipinski definition) is 2. The van der Waals surface area contributed by atoms with Crippen molar-refractivity contribution in [3.63, 3.8) is 0 Å². The highest BCUT2D eigenvalue weighted by atomic mass is 16.1. The lowest BCUT2D eigenvalue weighted by Gasteiger charge is -1.95. The fourth-order valence-corrected chi connectivity index (χ4v) is 0.803. The normalized spacial score (nSPS) is 9.70. The third kappa shape index (κ3) is 1.70. The van der Waals surface area contributed by atoms with Crippen LogP contribution in [0.2, 0.25) is 0 Å². The molecule has 0 unspecified atom stereocenters. The summed E-state index contributed by atoms with van der Waals surface area (Å²) in [6, 6.07) is 3.45. The highest BCUT2D eigenvalue weighted by Gasteiger charge is 1.88. The Morgan fingerprint density at radius 1 is 1.70 bits per heavy atom. The van der Waals surface area contributed by atoms with Crippen molar-refractivity contribution in [1.29, 1.82) is 0 Å². The van der Waals surface area contributed by atoms with E-state index in [0.717, 1.165) is 12.1 Å². The molecule has 54 valence electrons. The molecule has 0 radical (unpaired) electrons. The van der Waals surface area contributed by atoms with Crippen LogP contribution in [0.25, 0.3) is 0 Å². The molecular formula is C7H10N2O. The first kappa shape index (κ1) is 7.02. The predicted molar refractivity (Wildman–Crippen MR) is 39.8 cm³/mol. The molecule has 0 fully saturated rings. The number of hydrogen-bond donors (Lipinski definition) is 2. The molecule has 2 N–H and O–H groups in total. The van der Waals surface area contributed by atoms with Gasteiger partial charge < -0.3 is 10.3 Å². The van der Waals surface area contributed by atoms with Crippen molar-refractivity contribution in [2.75, 3.05) is 7.05 Å². The lowest BCUT2D eigenvalue weighted by Crippen LogP contribution is -2.10. The molecule has 0 atom stereocenters. The van der Waals surface area contributed by atoms with Gasteiger partial charge in [-0.25, -0.2) is 0 Å². The van der Waals surface area contributed by atoms with Gasteiger partial charge in [0, 0.05) is 18.8 Å². The van der Waals surface area contributed by atoms with Crippen LogP contribution in [0, 0.1) is 0 Å². The van der Waals surface area contributed by atoms with Gasteiger partial charge in [0.2, 0.25) is 5.56 Å². The maximum absolute atomic E-state index is 10.7. The first-order valence-electron chi connectivity index (χ1n) is 3.15. The standard InChI is InChI=1S/C7H10N2O/c1-8-5-6-2-3-9-7(10)4-6/h2-4,8H,5H2,1H3,(H,9,10). The van der Waals surface area contributed by atoms with Crippen LogP contribution in [0.5, 0.6) is 0 Å². The van der Waals surface area contributed by atoms with Gasteiger partial charge in [-0.05, 0) is 18.7 Å².